The maximum absolute atomic E-state index is 13.1. The Balaban J connectivity index is 1.69. The first kappa shape index (κ1) is 19.0. The monoisotopic (exact) mass is 389 g/mol. The first-order chi connectivity index (χ1) is 13.1. The second-order valence-electron chi connectivity index (χ2n) is 5.88. The van der Waals surface area contributed by atoms with E-state index in [9.17, 15) is 4.39 Å². The predicted molar refractivity (Wildman–Crippen MR) is 101 cm³/mol. The van der Waals surface area contributed by atoms with Gasteiger partial charge in [-0.15, -0.1) is 5.10 Å². The third-order valence-electron chi connectivity index (χ3n) is 3.82. The van der Waals surface area contributed by atoms with Crippen LogP contribution in [0.2, 0.25) is 0 Å². The van der Waals surface area contributed by atoms with Crippen molar-refractivity contribution in [2.45, 2.75) is 33.3 Å². The molecule has 0 bridgehead atoms. The van der Waals surface area contributed by atoms with Crippen molar-refractivity contribution in [3.05, 3.63) is 51.9 Å². The average Bonchev–Trinajstić information content (AvgIpc) is 3.19. The molecule has 0 unspecified atom stereocenters. The molecule has 0 fully saturated rings. The van der Waals surface area contributed by atoms with Gasteiger partial charge in [-0.3, -0.25) is 0 Å². The normalized spacial score (nSPS) is 11.3. The van der Waals surface area contributed by atoms with E-state index in [1.54, 1.807) is 30.1 Å². The first-order valence-corrected chi connectivity index (χ1v) is 9.28. The number of nitrogens with zero attached hydrogens (tertiary/aromatic N) is 5. The molecule has 0 radical (unpaired) electrons. The van der Waals surface area contributed by atoms with E-state index in [2.05, 4.69) is 26.8 Å². The van der Waals surface area contributed by atoms with Crippen molar-refractivity contribution in [1.29, 1.82) is 0 Å². The molecule has 0 saturated carbocycles. The minimum atomic E-state index is -0.321. The number of ether oxygens (including phenoxy) is 1. The molecule has 0 aliphatic carbocycles. The highest BCUT2D eigenvalue weighted by molar-refractivity contribution is 7.05. The van der Waals surface area contributed by atoms with Crippen molar-refractivity contribution in [3.8, 4) is 11.6 Å². The molecule has 1 aromatic carbocycles. The summed E-state index contributed by atoms with van der Waals surface area (Å²) in [7, 11) is 1.77. The summed E-state index contributed by atoms with van der Waals surface area (Å²) >= 11 is 1.32. The van der Waals surface area contributed by atoms with Gasteiger partial charge < -0.3 is 9.57 Å². The van der Waals surface area contributed by atoms with Gasteiger partial charge in [0, 0.05) is 7.05 Å². The Bertz CT molecular complexity index is 920. The van der Waals surface area contributed by atoms with E-state index in [1.807, 2.05) is 6.92 Å². The van der Waals surface area contributed by atoms with Crippen LogP contribution in [-0.4, -0.2) is 25.6 Å². The van der Waals surface area contributed by atoms with E-state index in [4.69, 9.17) is 9.57 Å². The number of oxime groups is 1. The van der Waals surface area contributed by atoms with Gasteiger partial charge in [0.1, 0.15) is 11.6 Å². The molecular weight excluding hydrogens is 369 g/mol. The molecule has 142 valence electrons. The summed E-state index contributed by atoms with van der Waals surface area (Å²) < 4.78 is 24.5. The van der Waals surface area contributed by atoms with Crippen LogP contribution in [0.5, 0.6) is 11.6 Å². The zero-order valence-corrected chi connectivity index (χ0v) is 16.2. The van der Waals surface area contributed by atoms with Crippen molar-refractivity contribution in [3.63, 3.8) is 0 Å². The third kappa shape index (κ3) is 4.68. The SMILES string of the molecule is CCCc1nnsc1CO/N=C/c1c(C)nn(C)c1Oc1ccc(F)cc1. The van der Waals surface area contributed by atoms with Crippen LogP contribution in [0, 0.1) is 12.7 Å². The zero-order valence-electron chi connectivity index (χ0n) is 15.3. The molecule has 2 aromatic heterocycles. The van der Waals surface area contributed by atoms with E-state index >= 15 is 0 Å². The Morgan fingerprint density at radius 1 is 1.30 bits per heavy atom. The van der Waals surface area contributed by atoms with Crippen LogP contribution in [0.3, 0.4) is 0 Å². The molecule has 0 aliphatic heterocycles. The summed E-state index contributed by atoms with van der Waals surface area (Å²) in [6.07, 6.45) is 3.44. The number of aromatic nitrogens is 4. The maximum Gasteiger partial charge on any atom is 0.226 e. The standard InChI is InChI=1S/C18H20FN5O2S/c1-4-5-16-17(27-23-21-16)11-25-20-10-15-12(2)22-24(3)18(15)26-14-8-6-13(19)7-9-14/h6-10H,4-5,11H2,1-3H3/b20-10+. The van der Waals surface area contributed by atoms with Crippen LogP contribution in [0.1, 0.15) is 35.2 Å². The average molecular weight is 389 g/mol. The fraction of sp³-hybridized carbons (Fsp3) is 0.333. The van der Waals surface area contributed by atoms with Gasteiger partial charge in [-0.2, -0.15) is 5.10 Å². The minimum absolute atomic E-state index is 0.316. The lowest BCUT2D eigenvalue weighted by atomic mass is 10.2. The minimum Gasteiger partial charge on any atom is -0.439 e. The Hall–Kier alpha value is -2.81. The highest BCUT2D eigenvalue weighted by atomic mass is 32.1. The maximum atomic E-state index is 13.1. The van der Waals surface area contributed by atoms with E-state index in [1.165, 1.54) is 23.7 Å². The molecule has 0 N–H and O–H groups in total. The topological polar surface area (TPSA) is 74.4 Å². The zero-order chi connectivity index (χ0) is 19.2. The summed E-state index contributed by atoms with van der Waals surface area (Å²) in [5.41, 5.74) is 2.39. The Labute approximate surface area is 160 Å². The predicted octanol–water partition coefficient (Wildman–Crippen LogP) is 4.01. The number of halogens is 1. The lowest BCUT2D eigenvalue weighted by Gasteiger charge is -2.06. The Morgan fingerprint density at radius 2 is 2.07 bits per heavy atom. The number of rotatable bonds is 8. The van der Waals surface area contributed by atoms with Crippen molar-refractivity contribution >= 4 is 17.7 Å². The van der Waals surface area contributed by atoms with Crippen molar-refractivity contribution < 1.29 is 14.0 Å². The van der Waals surface area contributed by atoms with Gasteiger partial charge in [0.05, 0.1) is 28.0 Å². The summed E-state index contributed by atoms with van der Waals surface area (Å²) in [5, 5.41) is 12.5. The molecule has 0 spiro atoms. The lowest BCUT2D eigenvalue weighted by Crippen LogP contribution is -1.97. The van der Waals surface area contributed by atoms with Crippen LogP contribution in [0.15, 0.2) is 29.4 Å². The number of hydrogen-bond donors (Lipinski definition) is 0. The van der Waals surface area contributed by atoms with E-state index in [0.29, 0.717) is 23.8 Å². The molecule has 2 heterocycles. The van der Waals surface area contributed by atoms with Crippen molar-refractivity contribution in [1.82, 2.24) is 19.4 Å². The molecule has 3 aromatic rings. The van der Waals surface area contributed by atoms with Crippen LogP contribution < -0.4 is 4.74 Å². The fourth-order valence-corrected chi connectivity index (χ4v) is 3.08. The van der Waals surface area contributed by atoms with Crippen LogP contribution >= 0.6 is 11.5 Å². The Morgan fingerprint density at radius 3 is 2.81 bits per heavy atom. The first-order valence-electron chi connectivity index (χ1n) is 8.51. The molecule has 0 atom stereocenters. The van der Waals surface area contributed by atoms with Gasteiger partial charge >= 0.3 is 0 Å². The second-order valence-corrected chi connectivity index (χ2v) is 6.72. The summed E-state index contributed by atoms with van der Waals surface area (Å²) in [6, 6.07) is 5.79. The highest BCUT2D eigenvalue weighted by Gasteiger charge is 2.14. The quantitative estimate of drug-likeness (QED) is 0.430. The van der Waals surface area contributed by atoms with Crippen molar-refractivity contribution in [2.24, 2.45) is 12.2 Å². The molecule has 0 aliphatic rings. The van der Waals surface area contributed by atoms with Gasteiger partial charge in [0.15, 0.2) is 6.61 Å². The van der Waals surface area contributed by atoms with Gasteiger partial charge in [-0.1, -0.05) is 23.0 Å². The van der Waals surface area contributed by atoms with E-state index in [-0.39, 0.29) is 5.82 Å². The Kier molecular flexibility index (Phi) is 6.12. The second kappa shape index (κ2) is 8.72. The smallest absolute Gasteiger partial charge is 0.226 e. The molecule has 3 rings (SSSR count). The molecule has 9 heteroatoms. The van der Waals surface area contributed by atoms with Crippen LogP contribution in [-0.2, 0) is 24.9 Å². The van der Waals surface area contributed by atoms with Gasteiger partial charge in [0.25, 0.3) is 0 Å². The number of hydrogen-bond acceptors (Lipinski definition) is 7. The van der Waals surface area contributed by atoms with Crippen LogP contribution in [0.25, 0.3) is 0 Å². The summed E-state index contributed by atoms with van der Waals surface area (Å²) in [4.78, 5) is 6.38. The largest absolute Gasteiger partial charge is 0.439 e. The summed E-state index contributed by atoms with van der Waals surface area (Å²) in [6.45, 7) is 4.26. The van der Waals surface area contributed by atoms with E-state index in [0.717, 1.165) is 29.1 Å². The number of benzene rings is 1. The van der Waals surface area contributed by atoms with Gasteiger partial charge in [0.2, 0.25) is 5.88 Å². The number of aryl methyl sites for hydroxylation is 3. The molecular formula is C18H20FN5O2S. The van der Waals surface area contributed by atoms with Crippen LogP contribution in [0.4, 0.5) is 4.39 Å². The summed E-state index contributed by atoms with van der Waals surface area (Å²) in [5.74, 6) is 0.686. The van der Waals surface area contributed by atoms with Gasteiger partial charge in [-0.25, -0.2) is 9.07 Å². The molecule has 0 amide bonds. The highest BCUT2D eigenvalue weighted by Crippen LogP contribution is 2.26. The molecule has 0 saturated heterocycles. The lowest BCUT2D eigenvalue weighted by molar-refractivity contribution is 0.133. The molecule has 7 nitrogen and oxygen atoms in total. The third-order valence-corrected chi connectivity index (χ3v) is 4.55. The van der Waals surface area contributed by atoms with Crippen molar-refractivity contribution in [2.75, 3.05) is 0 Å². The van der Waals surface area contributed by atoms with E-state index < -0.39 is 0 Å². The fourth-order valence-electron chi connectivity index (χ4n) is 2.49. The van der Waals surface area contributed by atoms with Gasteiger partial charge in [-0.05, 0) is 49.1 Å². The molecule has 27 heavy (non-hydrogen) atoms.